The first-order chi connectivity index (χ1) is 16.4. The summed E-state index contributed by atoms with van der Waals surface area (Å²) in [5.41, 5.74) is 10.8. The zero-order valence-electron chi connectivity index (χ0n) is 19.5. The van der Waals surface area contributed by atoms with Crippen molar-refractivity contribution in [3.05, 3.63) is 68.8 Å². The van der Waals surface area contributed by atoms with Crippen molar-refractivity contribution >= 4 is 22.1 Å². The van der Waals surface area contributed by atoms with E-state index in [-0.39, 0.29) is 11.2 Å². The third-order valence-electron chi connectivity index (χ3n) is 7.12. The zero-order valence-corrected chi connectivity index (χ0v) is 20.3. The molecule has 0 radical (unpaired) electrons. The molecule has 7 heteroatoms. The Kier molecular flexibility index (Phi) is 5.54. The van der Waals surface area contributed by atoms with Crippen LogP contribution in [0, 0.1) is 28.1 Å². The summed E-state index contributed by atoms with van der Waals surface area (Å²) in [6.07, 6.45) is 9.59. The highest BCUT2D eigenvalue weighted by Gasteiger charge is 2.45. The van der Waals surface area contributed by atoms with Gasteiger partial charge in [0.1, 0.15) is 16.9 Å². The molecule has 0 amide bonds. The van der Waals surface area contributed by atoms with Gasteiger partial charge < -0.3 is 5.73 Å². The number of hydrogen-bond donors (Lipinski definition) is 1. The molecule has 1 aliphatic heterocycles. The minimum Gasteiger partial charge on any atom is -0.384 e. The molecule has 1 unspecified atom stereocenters. The van der Waals surface area contributed by atoms with Crippen molar-refractivity contribution in [3.63, 3.8) is 0 Å². The van der Waals surface area contributed by atoms with Gasteiger partial charge in [-0.1, -0.05) is 26.3 Å². The van der Waals surface area contributed by atoms with Crippen LogP contribution in [0.4, 0.5) is 5.00 Å². The number of aryl methyl sites for hydroxylation is 1. The predicted octanol–water partition coefficient (Wildman–Crippen LogP) is 5.22. The van der Waals surface area contributed by atoms with Gasteiger partial charge in [0.2, 0.25) is 0 Å². The molecule has 0 spiro atoms. The van der Waals surface area contributed by atoms with Crippen molar-refractivity contribution < 1.29 is 4.79 Å². The monoisotopic (exact) mass is 469 g/mol. The second kappa shape index (κ2) is 8.42. The number of nitrogens with zero attached hydrogens (tertiary/aromatic N) is 4. The smallest absolute Gasteiger partial charge is 0.162 e. The fourth-order valence-electron chi connectivity index (χ4n) is 5.62. The molecule has 2 aromatic heterocycles. The Morgan fingerprint density at radius 1 is 1.18 bits per heavy atom. The van der Waals surface area contributed by atoms with Crippen LogP contribution < -0.4 is 10.6 Å². The summed E-state index contributed by atoms with van der Waals surface area (Å²) in [5, 5.41) is 21.2. The predicted molar refractivity (Wildman–Crippen MR) is 132 cm³/mol. The number of hydrogen-bond acceptors (Lipinski definition) is 7. The third-order valence-corrected chi connectivity index (χ3v) is 8.39. The van der Waals surface area contributed by atoms with Crippen LogP contribution in [0.2, 0.25) is 0 Å². The summed E-state index contributed by atoms with van der Waals surface area (Å²) < 4.78 is 0. The van der Waals surface area contributed by atoms with Gasteiger partial charge in [0.25, 0.3) is 0 Å². The summed E-state index contributed by atoms with van der Waals surface area (Å²) in [4.78, 5) is 21.0. The first-order valence-electron chi connectivity index (χ1n) is 11.8. The van der Waals surface area contributed by atoms with Gasteiger partial charge in [0.05, 0.1) is 23.1 Å². The number of fused-ring (bicyclic) bond motifs is 1. The number of carbonyl (C=O) groups is 1. The summed E-state index contributed by atoms with van der Waals surface area (Å²) in [5.74, 6) is -0.202. The number of rotatable bonds is 2. The first kappa shape index (κ1) is 22.4. The molecule has 3 heterocycles. The van der Waals surface area contributed by atoms with Crippen molar-refractivity contribution in [2.24, 2.45) is 11.1 Å². The lowest BCUT2D eigenvalue weighted by atomic mass is 9.69. The first-order valence-corrected chi connectivity index (χ1v) is 12.6. The summed E-state index contributed by atoms with van der Waals surface area (Å²) in [7, 11) is 0. The number of ketones is 1. The number of aromatic nitrogens is 1. The fourth-order valence-corrected chi connectivity index (χ4v) is 7.00. The Hall–Kier alpha value is -3.42. The van der Waals surface area contributed by atoms with Crippen molar-refractivity contribution in [1.29, 1.82) is 10.5 Å². The van der Waals surface area contributed by atoms with Crippen LogP contribution in [0.1, 0.15) is 73.4 Å². The van der Waals surface area contributed by atoms with E-state index in [4.69, 9.17) is 5.73 Å². The molecule has 0 saturated heterocycles. The topological polar surface area (TPSA) is 107 Å². The molecule has 2 N–H and O–H groups in total. The highest BCUT2D eigenvalue weighted by Crippen LogP contribution is 2.52. The van der Waals surface area contributed by atoms with Crippen LogP contribution in [0.5, 0.6) is 0 Å². The molecule has 0 aromatic carbocycles. The van der Waals surface area contributed by atoms with Crippen LogP contribution >= 0.6 is 11.3 Å². The molecule has 172 valence electrons. The summed E-state index contributed by atoms with van der Waals surface area (Å²) in [6, 6.07) is 8.46. The molecule has 6 nitrogen and oxygen atoms in total. The van der Waals surface area contributed by atoms with E-state index in [9.17, 15) is 15.3 Å². The van der Waals surface area contributed by atoms with Gasteiger partial charge in [0.15, 0.2) is 5.78 Å². The molecule has 3 aliphatic rings. The normalized spacial score (nSPS) is 21.9. The van der Waals surface area contributed by atoms with Crippen LogP contribution in [0.15, 0.2) is 47.2 Å². The van der Waals surface area contributed by atoms with Crippen LogP contribution in [-0.4, -0.2) is 10.8 Å². The van der Waals surface area contributed by atoms with Gasteiger partial charge in [0, 0.05) is 35.0 Å². The molecule has 34 heavy (non-hydrogen) atoms. The van der Waals surface area contributed by atoms with E-state index >= 15 is 0 Å². The Morgan fingerprint density at radius 3 is 2.68 bits per heavy atom. The van der Waals surface area contributed by atoms with Crippen molar-refractivity contribution in [2.75, 3.05) is 4.90 Å². The van der Waals surface area contributed by atoms with Crippen molar-refractivity contribution in [1.82, 2.24) is 4.98 Å². The number of anilines is 1. The second-order valence-electron chi connectivity index (χ2n) is 10.1. The Bertz CT molecular complexity index is 1320. The number of nitriles is 2. The van der Waals surface area contributed by atoms with E-state index in [1.165, 1.54) is 4.88 Å². The maximum atomic E-state index is 13.6. The minimum atomic E-state index is -0.545. The van der Waals surface area contributed by atoms with Gasteiger partial charge >= 0.3 is 0 Å². The average molecular weight is 470 g/mol. The minimum absolute atomic E-state index is 0.0296. The third kappa shape index (κ3) is 3.52. The van der Waals surface area contributed by atoms with E-state index in [0.29, 0.717) is 35.4 Å². The van der Waals surface area contributed by atoms with Gasteiger partial charge in [-0.25, -0.2) is 0 Å². The molecule has 0 bridgehead atoms. The lowest BCUT2D eigenvalue weighted by Gasteiger charge is -2.43. The second-order valence-corrected chi connectivity index (χ2v) is 11.2. The maximum absolute atomic E-state index is 13.6. The van der Waals surface area contributed by atoms with Gasteiger partial charge in [-0.2, -0.15) is 10.5 Å². The number of Topliss-reactive ketones (excluding diaryl/α,β-unsaturated/α-hetero) is 1. The molecular formula is C27H27N5OS. The zero-order chi connectivity index (χ0) is 24.0. The van der Waals surface area contributed by atoms with E-state index in [0.717, 1.165) is 53.9 Å². The van der Waals surface area contributed by atoms with Crippen LogP contribution in [0.25, 0.3) is 0 Å². The lowest BCUT2D eigenvalue weighted by molar-refractivity contribution is -0.118. The molecule has 2 aliphatic carbocycles. The van der Waals surface area contributed by atoms with E-state index in [1.807, 2.05) is 17.0 Å². The SMILES string of the molecule is CC1(C)CC(=O)C2=C(C1)N(c1sc3c(c1C#N)CCCCC3)C(N)=C(C#N)C2c1cccnc1. The maximum Gasteiger partial charge on any atom is 0.162 e. The van der Waals surface area contributed by atoms with Gasteiger partial charge in [-0.3, -0.25) is 14.7 Å². The number of pyridine rings is 1. The molecular weight excluding hydrogens is 442 g/mol. The quantitative estimate of drug-likeness (QED) is 0.604. The number of thiophene rings is 1. The van der Waals surface area contributed by atoms with Gasteiger partial charge in [-0.05, 0) is 54.7 Å². The molecule has 2 aromatic rings. The van der Waals surface area contributed by atoms with Crippen molar-refractivity contribution in [2.45, 2.75) is 64.7 Å². The Labute approximate surface area is 204 Å². The van der Waals surface area contributed by atoms with Crippen molar-refractivity contribution in [3.8, 4) is 12.1 Å². The lowest BCUT2D eigenvalue weighted by Crippen LogP contribution is -2.42. The van der Waals surface area contributed by atoms with E-state index in [2.05, 4.69) is 31.0 Å². The Balaban J connectivity index is 1.78. The standard InChI is InChI=1S/C27H27N5OS/c1-27(2)11-20-24(21(33)12-27)23(16-7-6-10-31-15-16)19(14-29)25(30)32(20)26-18(13-28)17-8-4-3-5-9-22(17)34-26/h6-7,10,15,23H,3-5,8-9,11-12,30H2,1-2H3. The largest absolute Gasteiger partial charge is 0.384 e. The number of nitrogens with two attached hydrogens (primary N) is 1. The van der Waals surface area contributed by atoms with Crippen LogP contribution in [0.3, 0.4) is 0 Å². The fraction of sp³-hybridized carbons (Fsp3) is 0.407. The summed E-state index contributed by atoms with van der Waals surface area (Å²) >= 11 is 1.60. The van der Waals surface area contributed by atoms with E-state index < -0.39 is 5.92 Å². The molecule has 5 rings (SSSR count). The summed E-state index contributed by atoms with van der Waals surface area (Å²) in [6.45, 7) is 4.17. The molecule has 0 saturated carbocycles. The highest BCUT2D eigenvalue weighted by molar-refractivity contribution is 7.16. The molecule has 0 fully saturated rings. The number of allylic oxidation sites excluding steroid dienone is 3. The average Bonchev–Trinajstić information content (AvgIpc) is 2.98. The highest BCUT2D eigenvalue weighted by atomic mass is 32.1. The molecule has 1 atom stereocenters. The van der Waals surface area contributed by atoms with Gasteiger partial charge in [-0.15, -0.1) is 11.3 Å². The number of carbonyl (C=O) groups excluding carboxylic acids is 1. The van der Waals surface area contributed by atoms with Crippen LogP contribution in [-0.2, 0) is 17.6 Å². The van der Waals surface area contributed by atoms with E-state index in [1.54, 1.807) is 23.7 Å². The Morgan fingerprint density at radius 2 is 1.97 bits per heavy atom.